The fourth-order valence-corrected chi connectivity index (χ4v) is 3.07. The van der Waals surface area contributed by atoms with Gasteiger partial charge in [0.15, 0.2) is 0 Å². The molecule has 1 rings (SSSR count). The van der Waals surface area contributed by atoms with E-state index >= 15 is 0 Å². The molecule has 0 bridgehead atoms. The van der Waals surface area contributed by atoms with Crippen molar-refractivity contribution in [3.8, 4) is 6.07 Å². The van der Waals surface area contributed by atoms with Gasteiger partial charge in [0.2, 0.25) is 0 Å². The zero-order chi connectivity index (χ0) is 25.6. The van der Waals surface area contributed by atoms with Crippen molar-refractivity contribution in [2.75, 3.05) is 39.3 Å². The van der Waals surface area contributed by atoms with Crippen molar-refractivity contribution in [3.05, 3.63) is 0 Å². The van der Waals surface area contributed by atoms with Crippen molar-refractivity contribution in [1.29, 1.82) is 5.26 Å². The fourth-order valence-electron chi connectivity index (χ4n) is 3.07. The van der Waals surface area contributed by atoms with Gasteiger partial charge in [-0.15, -0.1) is 0 Å². The monoisotopic (exact) mass is 546 g/mol. The molecule has 0 spiro atoms. The van der Waals surface area contributed by atoms with E-state index < -0.39 is 7.81 Å². The molecule has 4 nitrogen and oxygen atoms in total. The predicted molar refractivity (Wildman–Crippen MR) is 119 cm³/mol. The van der Waals surface area contributed by atoms with Crippen LogP contribution in [0.3, 0.4) is 0 Å². The molecule has 12 heteroatoms. The minimum atomic E-state index is -10.7. The molecule has 0 N–H and O–H groups in total. The molecular weight excluding hydrogens is 505 g/mol. The summed E-state index contributed by atoms with van der Waals surface area (Å²) in [6, 6.07) is 1.75. The maximum Gasteiger partial charge on any atom is 1.00 e. The van der Waals surface area contributed by atoms with E-state index in [9.17, 15) is 25.2 Å². The van der Waals surface area contributed by atoms with Crippen LogP contribution < -0.4 is 0 Å². The second-order valence-electron chi connectivity index (χ2n) is 10.7. The van der Waals surface area contributed by atoms with E-state index in [2.05, 4.69) is 77.0 Å². The molecule has 0 atom stereocenters. The SMILES string of the molecule is CC#N.CC(C)(C)N1CCN(C(C)(C)C)CCN(C(C)(C)C)CC1.F[P-](F)(F)(F)(F)F.[Cu+]. The molecule has 0 radical (unpaired) electrons. The first-order valence-corrected chi connectivity index (χ1v) is 12.3. The topological polar surface area (TPSA) is 33.5 Å². The Kier molecular flexibility index (Phi) is 13.2. The Labute approximate surface area is 201 Å². The molecule has 1 fully saturated rings. The summed E-state index contributed by atoms with van der Waals surface area (Å²) in [4.78, 5) is 7.95. The van der Waals surface area contributed by atoms with Gasteiger partial charge in [-0.2, -0.15) is 5.26 Å². The van der Waals surface area contributed by atoms with Crippen molar-refractivity contribution in [2.24, 2.45) is 0 Å². The Bertz CT molecular complexity index is 511. The van der Waals surface area contributed by atoms with Crippen LogP contribution in [0.1, 0.15) is 69.2 Å². The van der Waals surface area contributed by atoms with E-state index in [1.165, 1.54) is 46.2 Å². The number of nitrogens with zero attached hydrogens (tertiary/aromatic N) is 4. The van der Waals surface area contributed by atoms with Gasteiger partial charge in [0, 0.05) is 62.8 Å². The molecule has 1 aliphatic heterocycles. The zero-order valence-corrected chi connectivity index (χ0v) is 22.9. The molecule has 1 saturated heterocycles. The molecule has 0 amide bonds. The van der Waals surface area contributed by atoms with Gasteiger partial charge in [0.25, 0.3) is 0 Å². The van der Waals surface area contributed by atoms with E-state index in [-0.39, 0.29) is 33.7 Å². The third kappa shape index (κ3) is 23.1. The third-order valence-corrected chi connectivity index (χ3v) is 4.77. The van der Waals surface area contributed by atoms with Crippen molar-refractivity contribution in [2.45, 2.75) is 85.9 Å². The molecular formula is C20H42CuF6N4P. The standard InChI is InChI=1S/C18H39N3.C2H3N.Cu.F6P/c1-16(2,3)19-10-12-20(17(4,5)6)14-15-21(13-11-19)18(7,8)9;1-2-3;;1-7(2,3,4,5)6/h10-15H2,1-9H3;1H3;;/q;;+1;-1. The predicted octanol–water partition coefficient (Wildman–Crippen LogP) is 7.21. The summed E-state index contributed by atoms with van der Waals surface area (Å²) in [5.41, 5.74) is 0.742. The molecule has 32 heavy (non-hydrogen) atoms. The fraction of sp³-hybridized carbons (Fsp3) is 0.950. The van der Waals surface area contributed by atoms with Crippen LogP contribution in [0.2, 0.25) is 0 Å². The van der Waals surface area contributed by atoms with Crippen LogP contribution >= 0.6 is 7.81 Å². The van der Waals surface area contributed by atoms with E-state index in [1.807, 2.05) is 0 Å². The van der Waals surface area contributed by atoms with E-state index in [0.717, 1.165) is 0 Å². The van der Waals surface area contributed by atoms with Crippen LogP contribution in [0.15, 0.2) is 0 Å². The quantitative estimate of drug-likeness (QED) is 0.183. The summed E-state index contributed by atoms with van der Waals surface area (Å²) in [5.74, 6) is 0. The van der Waals surface area contributed by atoms with Gasteiger partial charge in [-0.3, -0.25) is 14.7 Å². The van der Waals surface area contributed by atoms with Crippen molar-refractivity contribution < 1.29 is 42.3 Å². The first-order chi connectivity index (χ1) is 13.2. The Balaban J connectivity index is -0.000000643. The van der Waals surface area contributed by atoms with Gasteiger partial charge in [-0.1, -0.05) is 0 Å². The molecule has 0 aromatic carbocycles. The molecule has 0 aromatic rings. The number of nitriles is 1. The van der Waals surface area contributed by atoms with Gasteiger partial charge in [-0.05, 0) is 62.3 Å². The largest absolute Gasteiger partial charge is 1.00 e. The maximum atomic E-state index is 9.87. The molecule has 0 unspecified atom stereocenters. The van der Waals surface area contributed by atoms with E-state index in [1.54, 1.807) is 6.07 Å². The summed E-state index contributed by atoms with van der Waals surface area (Å²) in [6.07, 6.45) is 0. The molecule has 0 aromatic heterocycles. The van der Waals surface area contributed by atoms with E-state index in [4.69, 9.17) is 5.26 Å². The normalized spacial score (nSPS) is 20.2. The average Bonchev–Trinajstić information content (AvgIpc) is 2.52. The molecule has 1 aliphatic rings. The summed E-state index contributed by atoms with van der Waals surface area (Å²) in [7, 11) is -10.7. The first-order valence-electron chi connectivity index (χ1n) is 10.3. The van der Waals surface area contributed by atoms with Crippen molar-refractivity contribution >= 4 is 7.81 Å². The Morgan fingerprint density at radius 3 is 0.719 bits per heavy atom. The van der Waals surface area contributed by atoms with Gasteiger partial charge in [-0.25, -0.2) is 0 Å². The van der Waals surface area contributed by atoms with Crippen LogP contribution in [0.25, 0.3) is 0 Å². The summed E-state index contributed by atoms with van der Waals surface area (Å²) < 4.78 is 59.2. The Morgan fingerprint density at radius 1 is 0.562 bits per heavy atom. The van der Waals surface area contributed by atoms with Gasteiger partial charge >= 0.3 is 50.1 Å². The van der Waals surface area contributed by atoms with Crippen molar-refractivity contribution in [1.82, 2.24) is 14.7 Å². The van der Waals surface area contributed by atoms with Crippen LogP contribution in [-0.2, 0) is 17.1 Å². The second kappa shape index (κ2) is 11.6. The van der Waals surface area contributed by atoms with Gasteiger partial charge < -0.3 is 0 Å². The van der Waals surface area contributed by atoms with E-state index in [0.29, 0.717) is 0 Å². The zero-order valence-electron chi connectivity index (χ0n) is 21.0. The number of rotatable bonds is 0. The Hall–Kier alpha value is -0.101. The van der Waals surface area contributed by atoms with Crippen LogP contribution in [-0.4, -0.2) is 70.6 Å². The van der Waals surface area contributed by atoms with Crippen LogP contribution in [0.5, 0.6) is 0 Å². The first kappa shape index (κ1) is 36.5. The molecule has 0 aliphatic carbocycles. The maximum absolute atomic E-state index is 10.7. The third-order valence-electron chi connectivity index (χ3n) is 4.77. The molecule has 1 heterocycles. The number of hydrogen-bond donors (Lipinski definition) is 0. The minimum Gasteiger partial charge on any atom is 1.00 e. The van der Waals surface area contributed by atoms with Crippen LogP contribution in [0, 0.1) is 11.3 Å². The Morgan fingerprint density at radius 2 is 0.656 bits per heavy atom. The number of hydrogen-bond acceptors (Lipinski definition) is 4. The average molecular weight is 547 g/mol. The van der Waals surface area contributed by atoms with Gasteiger partial charge in [0.1, 0.15) is 0 Å². The minimum absolute atomic E-state index is 0. The van der Waals surface area contributed by atoms with Gasteiger partial charge in [0.05, 0.1) is 6.07 Å². The second-order valence-corrected chi connectivity index (χ2v) is 12.6. The van der Waals surface area contributed by atoms with Crippen molar-refractivity contribution in [3.63, 3.8) is 0 Å². The summed E-state index contributed by atoms with van der Waals surface area (Å²) >= 11 is 0. The smallest absolute Gasteiger partial charge is 1.00 e. The van der Waals surface area contributed by atoms with Crippen LogP contribution in [0.4, 0.5) is 25.2 Å². The number of halogens is 6. The summed E-state index contributed by atoms with van der Waals surface area (Å²) in [6.45, 7) is 29.5. The molecule has 0 saturated carbocycles. The summed E-state index contributed by atoms with van der Waals surface area (Å²) in [5, 5.41) is 7.32. The molecule has 200 valence electrons.